The van der Waals surface area contributed by atoms with Gasteiger partial charge in [0.15, 0.2) is 0 Å². The summed E-state index contributed by atoms with van der Waals surface area (Å²) in [5.41, 5.74) is 2.68. The molecule has 0 spiro atoms. The number of hydrogen-bond acceptors (Lipinski definition) is 7. The van der Waals surface area contributed by atoms with Crippen LogP contribution in [-0.2, 0) is 16.1 Å². The van der Waals surface area contributed by atoms with Gasteiger partial charge in [0.1, 0.15) is 25.0 Å². The van der Waals surface area contributed by atoms with Gasteiger partial charge in [-0.2, -0.15) is 4.98 Å². The second kappa shape index (κ2) is 12.5. The fourth-order valence-corrected chi connectivity index (χ4v) is 5.28. The minimum atomic E-state index is -0.520. The van der Waals surface area contributed by atoms with E-state index < -0.39 is 12.0 Å². The first-order valence-corrected chi connectivity index (χ1v) is 13.7. The summed E-state index contributed by atoms with van der Waals surface area (Å²) in [6.07, 6.45) is 3.71. The van der Waals surface area contributed by atoms with Crippen molar-refractivity contribution in [2.24, 2.45) is 0 Å². The van der Waals surface area contributed by atoms with Crippen LogP contribution in [0.25, 0.3) is 0 Å². The Morgan fingerprint density at radius 3 is 2.62 bits per heavy atom. The van der Waals surface area contributed by atoms with Gasteiger partial charge in [0.05, 0.1) is 5.57 Å². The van der Waals surface area contributed by atoms with Gasteiger partial charge >= 0.3 is 5.97 Å². The number of allylic oxidation sites excluding steroid dienone is 1. The van der Waals surface area contributed by atoms with E-state index in [1.165, 1.54) is 0 Å². The Hall–Kier alpha value is -2.94. The maximum absolute atomic E-state index is 13.1. The maximum atomic E-state index is 13.1. The molecule has 1 unspecified atom stereocenters. The van der Waals surface area contributed by atoms with Gasteiger partial charge in [-0.3, -0.25) is 0 Å². The molecule has 0 amide bonds. The molecular weight excluding hydrogens is 531 g/mol. The maximum Gasteiger partial charge on any atom is 0.338 e. The van der Waals surface area contributed by atoms with Crippen molar-refractivity contribution in [3.8, 4) is 5.75 Å². The van der Waals surface area contributed by atoms with E-state index in [9.17, 15) is 4.79 Å². The molecule has 1 atom stereocenters. The summed E-state index contributed by atoms with van der Waals surface area (Å²) >= 11 is 14.1. The summed E-state index contributed by atoms with van der Waals surface area (Å²) < 4.78 is 13.1. The molecule has 10 heteroatoms. The van der Waals surface area contributed by atoms with Crippen molar-refractivity contribution in [2.45, 2.75) is 44.5 Å². The van der Waals surface area contributed by atoms with Crippen molar-refractivity contribution >= 4 is 46.9 Å². The number of thioether (sulfide) groups is 1. The van der Waals surface area contributed by atoms with Crippen LogP contribution < -0.4 is 10.1 Å². The first kappa shape index (κ1) is 27.1. The Morgan fingerprint density at radius 1 is 1.22 bits per heavy atom. The number of hydrogen-bond donors (Lipinski definition) is 1. The highest BCUT2D eigenvalue weighted by Crippen LogP contribution is 2.37. The minimum absolute atomic E-state index is 0.113. The number of aromatic nitrogens is 3. The number of rotatable bonds is 11. The lowest BCUT2D eigenvalue weighted by Gasteiger charge is -2.28. The number of carbonyl (C=O) groups excluding carboxylic acids is 1. The van der Waals surface area contributed by atoms with E-state index >= 15 is 0 Å². The summed E-state index contributed by atoms with van der Waals surface area (Å²) in [6.45, 7) is 7.97. The number of benzene rings is 2. The van der Waals surface area contributed by atoms with Crippen molar-refractivity contribution in [3.05, 3.63) is 87.6 Å². The predicted molar refractivity (Wildman–Crippen MR) is 149 cm³/mol. The quantitative estimate of drug-likeness (QED) is 0.116. The van der Waals surface area contributed by atoms with E-state index in [-0.39, 0.29) is 13.2 Å². The SMILES string of the molecule is C=CCOC(=O)C1=C(C)Nc2nc(SCCCC)nn2C1c1ccc(OCc2c(Cl)cccc2Cl)cc1. The lowest BCUT2D eigenvalue weighted by atomic mass is 9.96. The van der Waals surface area contributed by atoms with Crippen molar-refractivity contribution in [2.75, 3.05) is 17.7 Å². The molecule has 3 aromatic rings. The normalized spacial score (nSPS) is 14.6. The summed E-state index contributed by atoms with van der Waals surface area (Å²) in [4.78, 5) is 17.7. The third-order valence-electron chi connectivity index (χ3n) is 5.76. The Morgan fingerprint density at radius 2 is 1.95 bits per heavy atom. The van der Waals surface area contributed by atoms with Crippen molar-refractivity contribution < 1.29 is 14.3 Å². The monoisotopic (exact) mass is 558 g/mol. The number of ether oxygens (including phenoxy) is 2. The Kier molecular flexibility index (Phi) is 9.18. The van der Waals surface area contributed by atoms with Crippen LogP contribution in [0.3, 0.4) is 0 Å². The van der Waals surface area contributed by atoms with Crippen LogP contribution in [0.2, 0.25) is 10.0 Å². The van der Waals surface area contributed by atoms with Crippen molar-refractivity contribution in [1.29, 1.82) is 0 Å². The van der Waals surface area contributed by atoms with Gasteiger partial charge in [-0.25, -0.2) is 9.48 Å². The molecule has 0 saturated carbocycles. The number of nitrogens with zero attached hydrogens (tertiary/aromatic N) is 3. The molecule has 2 aromatic carbocycles. The van der Waals surface area contributed by atoms with Crippen LogP contribution in [0.1, 0.15) is 43.9 Å². The van der Waals surface area contributed by atoms with E-state index in [4.69, 9.17) is 37.8 Å². The average molecular weight is 560 g/mol. The van der Waals surface area contributed by atoms with E-state index in [1.807, 2.05) is 31.2 Å². The standard InChI is InChI=1S/C27H28Cl2N4O3S/c1-4-6-15-37-27-31-26-30-17(3)23(25(34)35-14-5-2)24(33(26)32-27)18-10-12-19(13-11-18)36-16-20-21(28)8-7-9-22(20)29/h5,7-13,24H,2,4,6,14-16H2,1,3H3,(H,30,31,32). The molecule has 0 fully saturated rings. The first-order valence-electron chi connectivity index (χ1n) is 11.9. The number of fused-ring (bicyclic) bond motifs is 1. The molecule has 4 rings (SSSR count). The number of esters is 1. The lowest BCUT2D eigenvalue weighted by Crippen LogP contribution is -2.29. The first-order chi connectivity index (χ1) is 17.9. The second-order valence-electron chi connectivity index (χ2n) is 8.38. The van der Waals surface area contributed by atoms with Crippen LogP contribution in [0.15, 0.2) is 71.5 Å². The summed E-state index contributed by atoms with van der Waals surface area (Å²) in [5.74, 6) is 1.70. The smallest absolute Gasteiger partial charge is 0.338 e. The molecule has 0 radical (unpaired) electrons. The Balaban J connectivity index is 1.62. The average Bonchev–Trinajstić information content (AvgIpc) is 3.29. The predicted octanol–water partition coefficient (Wildman–Crippen LogP) is 7.07. The number of anilines is 1. The second-order valence-corrected chi connectivity index (χ2v) is 10.3. The molecule has 0 aliphatic carbocycles. The molecule has 2 heterocycles. The lowest BCUT2D eigenvalue weighted by molar-refractivity contribution is -0.138. The molecule has 7 nitrogen and oxygen atoms in total. The topological polar surface area (TPSA) is 78.3 Å². The Labute approximate surface area is 230 Å². The number of unbranched alkanes of at least 4 members (excludes halogenated alkanes) is 1. The highest BCUT2D eigenvalue weighted by molar-refractivity contribution is 7.99. The van der Waals surface area contributed by atoms with Crippen LogP contribution >= 0.6 is 35.0 Å². The van der Waals surface area contributed by atoms with Crippen LogP contribution in [0, 0.1) is 0 Å². The van der Waals surface area contributed by atoms with Gasteiger partial charge in [-0.1, -0.05) is 79.2 Å². The molecule has 1 aromatic heterocycles. The van der Waals surface area contributed by atoms with Gasteiger partial charge < -0.3 is 14.8 Å². The third-order valence-corrected chi connectivity index (χ3v) is 7.39. The summed E-state index contributed by atoms with van der Waals surface area (Å²) in [5, 5.41) is 9.70. The van der Waals surface area contributed by atoms with Gasteiger partial charge in [0, 0.05) is 27.1 Å². The molecule has 1 N–H and O–H groups in total. The van der Waals surface area contributed by atoms with E-state index in [1.54, 1.807) is 40.7 Å². The zero-order valence-electron chi connectivity index (χ0n) is 20.7. The summed E-state index contributed by atoms with van der Waals surface area (Å²) in [7, 11) is 0. The fourth-order valence-electron chi connectivity index (χ4n) is 3.86. The summed E-state index contributed by atoms with van der Waals surface area (Å²) in [6, 6.07) is 12.3. The van der Waals surface area contributed by atoms with Crippen LogP contribution in [0.5, 0.6) is 5.75 Å². The molecule has 194 valence electrons. The minimum Gasteiger partial charge on any atom is -0.489 e. The molecule has 1 aliphatic heterocycles. The molecule has 1 aliphatic rings. The molecule has 37 heavy (non-hydrogen) atoms. The number of carbonyl (C=O) groups is 1. The molecule has 0 saturated heterocycles. The zero-order chi connectivity index (χ0) is 26.4. The van der Waals surface area contributed by atoms with Gasteiger partial charge in [0.2, 0.25) is 11.1 Å². The van der Waals surface area contributed by atoms with Crippen LogP contribution in [-0.4, -0.2) is 33.1 Å². The molecular formula is C27H28Cl2N4O3S. The van der Waals surface area contributed by atoms with Crippen LogP contribution in [0.4, 0.5) is 5.95 Å². The number of nitrogens with one attached hydrogen (secondary N) is 1. The van der Waals surface area contributed by atoms with Crippen molar-refractivity contribution in [3.63, 3.8) is 0 Å². The van der Waals surface area contributed by atoms with E-state index in [0.717, 1.165) is 29.7 Å². The number of halogens is 2. The van der Waals surface area contributed by atoms with E-state index in [2.05, 4.69) is 23.8 Å². The Bertz CT molecular complexity index is 1290. The third kappa shape index (κ3) is 6.32. The molecule has 0 bridgehead atoms. The zero-order valence-corrected chi connectivity index (χ0v) is 23.0. The van der Waals surface area contributed by atoms with Crippen molar-refractivity contribution in [1.82, 2.24) is 14.8 Å². The van der Waals surface area contributed by atoms with Gasteiger partial charge in [-0.15, -0.1) is 5.10 Å². The highest BCUT2D eigenvalue weighted by atomic mass is 35.5. The van der Waals surface area contributed by atoms with Gasteiger partial charge in [0.25, 0.3) is 0 Å². The van der Waals surface area contributed by atoms with E-state index in [0.29, 0.717) is 38.2 Å². The highest BCUT2D eigenvalue weighted by Gasteiger charge is 2.35. The van der Waals surface area contributed by atoms with Gasteiger partial charge in [-0.05, 0) is 43.2 Å². The largest absolute Gasteiger partial charge is 0.489 e. The fraction of sp³-hybridized carbons (Fsp3) is 0.296.